The molecule has 5 N–H and O–H groups in total. The first-order valence-corrected chi connectivity index (χ1v) is 13.5. The predicted octanol–water partition coefficient (Wildman–Crippen LogP) is 2.26. The summed E-state index contributed by atoms with van der Waals surface area (Å²) >= 11 is 6.18. The Balaban J connectivity index is 1.32. The summed E-state index contributed by atoms with van der Waals surface area (Å²) in [6.45, 7) is 0.961. The molecule has 0 aliphatic heterocycles. The van der Waals surface area contributed by atoms with E-state index in [0.29, 0.717) is 40.8 Å². The Hall–Kier alpha value is -4.46. The summed E-state index contributed by atoms with van der Waals surface area (Å²) in [5, 5.41) is 32.0. The number of aliphatic carboxylic acids is 1. The van der Waals surface area contributed by atoms with E-state index >= 15 is 0 Å². The third-order valence-electron chi connectivity index (χ3n) is 6.87. The summed E-state index contributed by atoms with van der Waals surface area (Å²) in [5.41, 5.74) is 2.53. The molecule has 1 aliphatic rings. The number of aromatic nitrogens is 4. The molecule has 0 atom stereocenters. The van der Waals surface area contributed by atoms with Crippen LogP contribution < -0.4 is 20.5 Å². The monoisotopic (exact) mass is 596 g/mol. The number of hydrogen-bond acceptors (Lipinski definition) is 8. The van der Waals surface area contributed by atoms with Crippen LogP contribution in [-0.4, -0.2) is 61.3 Å². The van der Waals surface area contributed by atoms with E-state index in [4.69, 9.17) is 11.6 Å². The van der Waals surface area contributed by atoms with Crippen LogP contribution in [0.5, 0.6) is 0 Å². The Labute approximate surface area is 244 Å². The van der Waals surface area contributed by atoms with Gasteiger partial charge in [-0.25, -0.2) is 8.96 Å². The number of Topliss-reactive ketones (excluding diaryl/α,β-unsaturated/α-hetero) is 1. The van der Waals surface area contributed by atoms with Crippen molar-refractivity contribution in [1.82, 2.24) is 25.4 Å². The molecule has 218 valence electrons. The normalized spacial score (nSPS) is 16.2. The van der Waals surface area contributed by atoms with Crippen molar-refractivity contribution < 1.29 is 33.6 Å². The lowest BCUT2D eigenvalue weighted by Crippen LogP contribution is -2.47. The molecule has 0 bridgehead atoms. The van der Waals surface area contributed by atoms with Crippen LogP contribution in [0.25, 0.3) is 16.6 Å². The molecule has 1 amide bonds. The van der Waals surface area contributed by atoms with E-state index in [1.54, 1.807) is 41.2 Å². The van der Waals surface area contributed by atoms with Gasteiger partial charge in [0.1, 0.15) is 35.6 Å². The first kappa shape index (κ1) is 29.0. The molecule has 0 spiro atoms. The van der Waals surface area contributed by atoms with Gasteiger partial charge in [0.15, 0.2) is 12.0 Å². The highest BCUT2D eigenvalue weighted by atomic mass is 35.5. The van der Waals surface area contributed by atoms with Crippen molar-refractivity contribution in [2.24, 2.45) is 0 Å². The molecular weight excluding hydrogens is 569 g/mol. The highest BCUT2D eigenvalue weighted by molar-refractivity contribution is 6.31. The quantitative estimate of drug-likeness (QED) is 0.129. The second-order valence-electron chi connectivity index (χ2n) is 10.1. The van der Waals surface area contributed by atoms with Gasteiger partial charge < -0.3 is 26.2 Å². The van der Waals surface area contributed by atoms with E-state index in [-0.39, 0.29) is 59.8 Å². The maximum atomic E-state index is 14.8. The van der Waals surface area contributed by atoms with Crippen LogP contribution in [0.3, 0.4) is 0 Å². The lowest BCUT2D eigenvalue weighted by atomic mass is 9.89. The van der Waals surface area contributed by atoms with Crippen LogP contribution in [0.15, 0.2) is 49.1 Å². The number of rotatable bonds is 11. The number of aliphatic hydroxyl groups excluding tert-OH is 1. The highest BCUT2D eigenvalue weighted by Gasteiger charge is 2.27. The highest BCUT2D eigenvalue weighted by Crippen LogP contribution is 2.26. The smallest absolute Gasteiger partial charge is 0.325 e. The minimum Gasteiger partial charge on any atom is -0.480 e. The molecule has 14 heteroatoms. The molecule has 5 rings (SSSR count). The van der Waals surface area contributed by atoms with E-state index in [9.17, 15) is 29.0 Å². The number of carboxylic acid groups (broad SMARTS) is 1. The van der Waals surface area contributed by atoms with Gasteiger partial charge in [0.2, 0.25) is 5.91 Å². The lowest BCUT2D eigenvalue weighted by molar-refractivity contribution is -0.598. The van der Waals surface area contributed by atoms with Crippen LogP contribution in [0.4, 0.5) is 15.8 Å². The van der Waals surface area contributed by atoms with Gasteiger partial charge in [0.05, 0.1) is 23.2 Å². The molecule has 0 radical (unpaired) electrons. The first-order valence-electron chi connectivity index (χ1n) is 13.1. The molecule has 2 aromatic carbocycles. The summed E-state index contributed by atoms with van der Waals surface area (Å²) in [4.78, 5) is 39.9. The zero-order valence-corrected chi connectivity index (χ0v) is 23.2. The second-order valence-corrected chi connectivity index (χ2v) is 10.5. The minimum atomic E-state index is -1.08. The fourth-order valence-corrected chi connectivity index (χ4v) is 4.93. The summed E-state index contributed by atoms with van der Waals surface area (Å²) in [6.07, 6.45) is 5.67. The number of hydrogen-bond donors (Lipinski definition) is 5. The largest absolute Gasteiger partial charge is 0.480 e. The number of ketones is 1. The van der Waals surface area contributed by atoms with Crippen molar-refractivity contribution >= 4 is 51.5 Å². The molecule has 2 heterocycles. The van der Waals surface area contributed by atoms with Crippen LogP contribution >= 0.6 is 11.6 Å². The van der Waals surface area contributed by atoms with E-state index in [1.807, 2.05) is 0 Å². The number of benzene rings is 2. The van der Waals surface area contributed by atoms with Gasteiger partial charge in [0, 0.05) is 42.2 Å². The third kappa shape index (κ3) is 6.54. The first-order chi connectivity index (χ1) is 20.1. The van der Waals surface area contributed by atoms with Crippen LogP contribution in [0, 0.1) is 5.82 Å². The number of carbonyl (C=O) groups excluding carboxylic acids is 2. The fraction of sp³-hybridized carbons (Fsp3) is 0.286. The number of anilines is 2. The third-order valence-corrected chi connectivity index (χ3v) is 7.14. The molecule has 0 saturated heterocycles. The van der Waals surface area contributed by atoms with Crippen molar-refractivity contribution in [2.75, 3.05) is 11.9 Å². The standard InChI is InChI=1S/C28H27ClFN7O5/c1-15(38)28-22-7-17(2-3-24(22)37(35-28)13-26(41)42)34-19-10-31-14-36(12-19)20-4-16(27(30)23(29)8-20)9-33-25(40)11-32-18-5-21(39)6-18/h2-4,7-8,10,12,14,18,21,32,34,39H,5-6,9,11,13H2,1H3,(H-,33,40,41,42)/p+1/t18-,21-. The SMILES string of the molecule is CC(=O)c1nn(CC(=O)O)c2ccc(Nc3cnc[n+](-c4cc(Cl)c(F)c(CNC(=O)CN[C@H]5C[C@H](O)C5)c4)c3)cc12. The van der Waals surface area contributed by atoms with Crippen LogP contribution in [0.2, 0.25) is 5.02 Å². The number of fused-ring (bicyclic) bond motifs is 1. The molecule has 1 saturated carbocycles. The fourth-order valence-electron chi connectivity index (χ4n) is 4.70. The average molecular weight is 597 g/mol. The van der Waals surface area contributed by atoms with Gasteiger partial charge in [-0.05, 0) is 37.1 Å². The van der Waals surface area contributed by atoms with Crippen molar-refractivity contribution in [3.8, 4) is 5.69 Å². The Bertz CT molecular complexity index is 1690. The molecule has 42 heavy (non-hydrogen) atoms. The number of carboxylic acids is 1. The Morgan fingerprint density at radius 1 is 1.19 bits per heavy atom. The molecule has 12 nitrogen and oxygen atoms in total. The van der Waals surface area contributed by atoms with Crippen molar-refractivity contribution in [3.05, 3.63) is 71.2 Å². The van der Waals surface area contributed by atoms with E-state index in [1.165, 1.54) is 24.0 Å². The molecule has 1 aliphatic carbocycles. The topological polar surface area (TPSA) is 162 Å². The summed E-state index contributed by atoms with van der Waals surface area (Å²) < 4.78 is 17.7. The number of nitrogens with one attached hydrogen (secondary N) is 3. The summed E-state index contributed by atoms with van der Waals surface area (Å²) in [6, 6.07) is 8.20. The van der Waals surface area contributed by atoms with Gasteiger partial charge in [-0.15, -0.1) is 0 Å². The number of nitrogens with zero attached hydrogens (tertiary/aromatic N) is 4. The van der Waals surface area contributed by atoms with Crippen LogP contribution in [-0.2, 0) is 22.7 Å². The van der Waals surface area contributed by atoms with Gasteiger partial charge in [-0.1, -0.05) is 16.6 Å². The van der Waals surface area contributed by atoms with Gasteiger partial charge >= 0.3 is 5.97 Å². The zero-order valence-electron chi connectivity index (χ0n) is 22.5. The van der Waals surface area contributed by atoms with Crippen molar-refractivity contribution in [3.63, 3.8) is 0 Å². The second kappa shape index (κ2) is 12.2. The lowest BCUT2D eigenvalue weighted by Gasteiger charge is -2.31. The molecule has 1 fully saturated rings. The summed E-state index contributed by atoms with van der Waals surface area (Å²) in [5.74, 6) is -2.33. The maximum Gasteiger partial charge on any atom is 0.325 e. The van der Waals surface area contributed by atoms with Crippen LogP contribution in [0.1, 0.15) is 35.8 Å². The molecule has 0 unspecified atom stereocenters. The van der Waals surface area contributed by atoms with Crippen molar-refractivity contribution in [2.45, 2.75) is 45.0 Å². The van der Waals surface area contributed by atoms with Gasteiger partial charge in [-0.2, -0.15) is 5.10 Å². The Morgan fingerprint density at radius 2 is 1.98 bits per heavy atom. The zero-order chi connectivity index (χ0) is 30.0. The number of carbonyl (C=O) groups is 3. The van der Waals surface area contributed by atoms with E-state index in [0.717, 1.165) is 0 Å². The molecule has 4 aromatic rings. The van der Waals surface area contributed by atoms with Gasteiger partial charge in [-0.3, -0.25) is 19.1 Å². The Morgan fingerprint density at radius 3 is 2.69 bits per heavy atom. The predicted molar refractivity (Wildman–Crippen MR) is 150 cm³/mol. The van der Waals surface area contributed by atoms with E-state index < -0.39 is 11.8 Å². The number of aliphatic hydroxyl groups is 1. The Kier molecular flexibility index (Phi) is 8.43. The average Bonchev–Trinajstić information content (AvgIpc) is 3.28. The molecular formula is C28H28ClFN7O5+. The minimum absolute atomic E-state index is 0.0544. The van der Waals surface area contributed by atoms with E-state index in [2.05, 4.69) is 26.0 Å². The maximum absolute atomic E-state index is 14.8. The summed E-state index contributed by atoms with van der Waals surface area (Å²) in [7, 11) is 0. The van der Waals surface area contributed by atoms with Crippen molar-refractivity contribution in [1.29, 1.82) is 0 Å². The molecule has 2 aromatic heterocycles. The number of halogens is 2. The number of amides is 1. The van der Waals surface area contributed by atoms with Gasteiger partial charge in [0.25, 0.3) is 6.33 Å².